The molecule has 0 radical (unpaired) electrons. The summed E-state index contributed by atoms with van der Waals surface area (Å²) >= 11 is 0. The van der Waals surface area contributed by atoms with E-state index in [1.54, 1.807) is 11.0 Å². The largest absolute Gasteiger partial charge is 0.450 e. The first-order valence-electron chi connectivity index (χ1n) is 10.1. The number of piperidine rings is 1. The Kier molecular flexibility index (Phi) is 5.82. The van der Waals surface area contributed by atoms with Crippen molar-refractivity contribution in [3.05, 3.63) is 35.8 Å². The van der Waals surface area contributed by atoms with E-state index in [1.807, 2.05) is 13.0 Å². The molecule has 3 heterocycles. The van der Waals surface area contributed by atoms with Gasteiger partial charge in [0.1, 0.15) is 5.82 Å². The lowest BCUT2D eigenvalue weighted by Crippen LogP contribution is -2.38. The number of fused-ring (bicyclic) bond motifs is 1. The summed E-state index contributed by atoms with van der Waals surface area (Å²) in [6, 6.07) is 4.99. The number of hydrogen-bond acceptors (Lipinski definition) is 4. The molecule has 0 aliphatic carbocycles. The summed E-state index contributed by atoms with van der Waals surface area (Å²) in [5.41, 5.74) is 2.13. The predicted molar refractivity (Wildman–Crippen MR) is 103 cm³/mol. The zero-order valence-corrected chi connectivity index (χ0v) is 16.2. The number of carbonyl (C=O) groups is 1. The maximum atomic E-state index is 13.9. The quantitative estimate of drug-likeness (QED) is 0.778. The molecule has 4 rings (SSSR count). The maximum Gasteiger partial charge on any atom is 0.409 e. The number of hydrogen-bond donors (Lipinski definition) is 0. The monoisotopic (exact) mass is 390 g/mol. The molecule has 28 heavy (non-hydrogen) atoms. The number of benzene rings is 1. The second kappa shape index (κ2) is 8.49. The van der Waals surface area contributed by atoms with Gasteiger partial charge in [0.2, 0.25) is 0 Å². The third-order valence-electron chi connectivity index (χ3n) is 5.63. The summed E-state index contributed by atoms with van der Waals surface area (Å²) in [6.45, 7) is 5.56. The van der Waals surface area contributed by atoms with Crippen LogP contribution < -0.4 is 0 Å². The van der Waals surface area contributed by atoms with Crippen LogP contribution in [-0.4, -0.2) is 54.8 Å². The van der Waals surface area contributed by atoms with Crippen molar-refractivity contribution in [1.29, 1.82) is 0 Å². The average molecular weight is 390 g/mol. The summed E-state index contributed by atoms with van der Waals surface area (Å²) in [5, 5.41) is 1.09. The molecule has 0 atom stereocenters. The van der Waals surface area contributed by atoms with Gasteiger partial charge in [-0.3, -0.25) is 0 Å². The molecule has 0 saturated carbocycles. The van der Waals surface area contributed by atoms with Gasteiger partial charge >= 0.3 is 6.09 Å². The van der Waals surface area contributed by atoms with Gasteiger partial charge in [0.05, 0.1) is 25.3 Å². The highest BCUT2D eigenvalue weighted by molar-refractivity contribution is 5.84. The number of aromatic nitrogens is 1. The summed E-state index contributed by atoms with van der Waals surface area (Å²) in [4.78, 5) is 13.7. The van der Waals surface area contributed by atoms with E-state index in [-0.39, 0.29) is 18.2 Å². The molecule has 6 nitrogen and oxygen atoms in total. The van der Waals surface area contributed by atoms with Crippen molar-refractivity contribution in [2.45, 2.75) is 44.9 Å². The van der Waals surface area contributed by atoms with Crippen LogP contribution in [-0.2, 0) is 20.8 Å². The summed E-state index contributed by atoms with van der Waals surface area (Å²) in [5.74, 6) is 0.114. The van der Waals surface area contributed by atoms with Crippen LogP contribution >= 0.6 is 0 Å². The lowest BCUT2D eigenvalue weighted by Gasteiger charge is -2.31. The normalized spacial score (nSPS) is 18.9. The van der Waals surface area contributed by atoms with Crippen molar-refractivity contribution in [2.24, 2.45) is 0 Å². The van der Waals surface area contributed by atoms with E-state index in [0.29, 0.717) is 45.4 Å². The molecule has 7 heteroatoms. The number of amides is 1. The molecule has 1 amide bonds. The van der Waals surface area contributed by atoms with Crippen LogP contribution in [0.3, 0.4) is 0 Å². The second-order valence-corrected chi connectivity index (χ2v) is 7.36. The van der Waals surface area contributed by atoms with Gasteiger partial charge in [0.15, 0.2) is 6.29 Å². The topological polar surface area (TPSA) is 52.9 Å². The van der Waals surface area contributed by atoms with Crippen LogP contribution in [0.25, 0.3) is 10.9 Å². The summed E-state index contributed by atoms with van der Waals surface area (Å²) in [7, 11) is 0. The van der Waals surface area contributed by atoms with E-state index in [1.165, 1.54) is 11.6 Å². The fraction of sp³-hybridized carbons (Fsp3) is 0.571. The lowest BCUT2D eigenvalue weighted by atomic mass is 9.89. The summed E-state index contributed by atoms with van der Waals surface area (Å²) < 4.78 is 32.2. The molecule has 2 aliphatic heterocycles. The molecule has 2 saturated heterocycles. The van der Waals surface area contributed by atoms with E-state index < -0.39 is 0 Å². The van der Waals surface area contributed by atoms with Gasteiger partial charge in [-0.15, -0.1) is 0 Å². The number of carbonyl (C=O) groups excluding carboxylic acids is 1. The molecular weight excluding hydrogens is 363 g/mol. The Morgan fingerprint density at radius 2 is 2.00 bits per heavy atom. The molecule has 2 aliphatic rings. The third-order valence-corrected chi connectivity index (χ3v) is 5.63. The first kappa shape index (κ1) is 19.2. The summed E-state index contributed by atoms with van der Waals surface area (Å²) in [6.07, 6.45) is 4.23. The first-order chi connectivity index (χ1) is 13.7. The Morgan fingerprint density at radius 3 is 2.71 bits per heavy atom. The number of ether oxygens (including phenoxy) is 3. The van der Waals surface area contributed by atoms with Gasteiger partial charge in [-0.05, 0) is 49.4 Å². The molecule has 152 valence electrons. The van der Waals surface area contributed by atoms with Crippen molar-refractivity contribution in [3.63, 3.8) is 0 Å². The molecule has 0 bridgehead atoms. The van der Waals surface area contributed by atoms with E-state index >= 15 is 0 Å². The van der Waals surface area contributed by atoms with Crippen molar-refractivity contribution in [2.75, 3.05) is 32.9 Å². The minimum Gasteiger partial charge on any atom is -0.450 e. The van der Waals surface area contributed by atoms with Crippen LogP contribution in [0, 0.1) is 5.82 Å². The molecule has 2 aromatic rings. The Balaban J connectivity index is 1.51. The van der Waals surface area contributed by atoms with Gasteiger partial charge in [0.25, 0.3) is 0 Å². The highest BCUT2D eigenvalue weighted by Crippen LogP contribution is 2.35. The van der Waals surface area contributed by atoms with Crippen LogP contribution in [0.1, 0.15) is 37.7 Å². The molecular formula is C21H27FN2O4. The molecule has 1 aromatic heterocycles. The molecule has 0 spiro atoms. The molecule has 0 unspecified atom stereocenters. The lowest BCUT2D eigenvalue weighted by molar-refractivity contribution is -0.0488. The van der Waals surface area contributed by atoms with Crippen LogP contribution in [0.5, 0.6) is 0 Å². The smallest absolute Gasteiger partial charge is 0.409 e. The van der Waals surface area contributed by atoms with E-state index in [0.717, 1.165) is 30.2 Å². The van der Waals surface area contributed by atoms with Crippen LogP contribution in [0.15, 0.2) is 24.4 Å². The van der Waals surface area contributed by atoms with Gasteiger partial charge in [-0.2, -0.15) is 0 Å². The highest BCUT2D eigenvalue weighted by Gasteiger charge is 2.27. The van der Waals surface area contributed by atoms with Crippen molar-refractivity contribution in [3.8, 4) is 0 Å². The Labute approximate surface area is 164 Å². The Morgan fingerprint density at radius 1 is 1.25 bits per heavy atom. The molecule has 2 fully saturated rings. The minimum absolute atomic E-state index is 0.178. The van der Waals surface area contributed by atoms with Gasteiger partial charge in [-0.1, -0.05) is 0 Å². The Hall–Kier alpha value is -2.12. The fourth-order valence-corrected chi connectivity index (χ4v) is 4.21. The average Bonchev–Trinajstić information content (AvgIpc) is 3.34. The number of likely N-dealkylation sites (tertiary alicyclic amines) is 1. The number of nitrogens with zero attached hydrogens (tertiary/aromatic N) is 2. The highest BCUT2D eigenvalue weighted by atomic mass is 19.1. The first-order valence-corrected chi connectivity index (χ1v) is 10.1. The maximum absolute atomic E-state index is 13.9. The van der Waals surface area contributed by atoms with Crippen molar-refractivity contribution >= 4 is 17.0 Å². The number of aryl methyl sites for hydroxylation is 1. The zero-order chi connectivity index (χ0) is 19.5. The van der Waals surface area contributed by atoms with Crippen LogP contribution in [0.2, 0.25) is 0 Å². The predicted octanol–water partition coefficient (Wildman–Crippen LogP) is 3.88. The van der Waals surface area contributed by atoms with Gasteiger partial charge in [0, 0.05) is 37.6 Å². The number of rotatable bonds is 5. The fourth-order valence-electron chi connectivity index (χ4n) is 4.21. The minimum atomic E-state index is -0.234. The molecule has 0 N–H and O–H groups in total. The standard InChI is InChI=1S/C21H27FN2O4/c1-2-26-21(25)23-8-5-15(6-9-23)18-14-24(10-7-20-27-11-12-28-20)19-13-16(22)3-4-17(18)19/h3-4,13-15,20H,2,5-12H2,1H3. The SMILES string of the molecule is CCOC(=O)N1CCC(c2cn(CCC3OCCO3)c3cc(F)ccc23)CC1. The number of halogens is 1. The van der Waals surface area contributed by atoms with E-state index in [9.17, 15) is 9.18 Å². The Bertz CT molecular complexity index is 823. The van der Waals surface area contributed by atoms with Crippen LogP contribution in [0.4, 0.5) is 9.18 Å². The third kappa shape index (κ3) is 4.00. The van der Waals surface area contributed by atoms with Crippen molar-refractivity contribution in [1.82, 2.24) is 9.47 Å². The van der Waals surface area contributed by atoms with E-state index in [4.69, 9.17) is 14.2 Å². The van der Waals surface area contributed by atoms with Gasteiger partial charge in [-0.25, -0.2) is 9.18 Å². The zero-order valence-electron chi connectivity index (χ0n) is 16.2. The van der Waals surface area contributed by atoms with E-state index in [2.05, 4.69) is 10.8 Å². The molecule has 1 aromatic carbocycles. The second-order valence-electron chi connectivity index (χ2n) is 7.36. The van der Waals surface area contributed by atoms with Crippen molar-refractivity contribution < 1.29 is 23.4 Å². The van der Waals surface area contributed by atoms with Gasteiger partial charge < -0.3 is 23.7 Å².